The highest BCUT2D eigenvalue weighted by atomic mass is 32.1. The van der Waals surface area contributed by atoms with Crippen LogP contribution in [0, 0.1) is 5.82 Å². The molecule has 3 fully saturated rings. The van der Waals surface area contributed by atoms with Gasteiger partial charge < -0.3 is 14.2 Å². The molecule has 0 radical (unpaired) electrons. The van der Waals surface area contributed by atoms with E-state index < -0.39 is 5.82 Å². The fraction of sp³-hybridized carbons (Fsp3) is 0.400. The summed E-state index contributed by atoms with van der Waals surface area (Å²) in [4.78, 5) is 20.3. The average Bonchev–Trinajstić information content (AvgIpc) is 3.87. The summed E-state index contributed by atoms with van der Waals surface area (Å²) in [6.45, 7) is 6.48. The molecule has 8 rings (SSSR count). The number of ether oxygens (including phenoxy) is 3. The minimum Gasteiger partial charge on any atom is -0.492 e. The first-order chi connectivity index (χ1) is 26.1. The summed E-state index contributed by atoms with van der Waals surface area (Å²) in [5.41, 5.74) is 2.86. The number of piperidine rings is 1. The van der Waals surface area contributed by atoms with E-state index in [1.165, 1.54) is 44.6 Å². The Morgan fingerprint density at radius 2 is 1.51 bits per heavy atom. The van der Waals surface area contributed by atoms with E-state index in [1.54, 1.807) is 23.5 Å². The number of nitrogens with zero attached hydrogens (tertiary/aromatic N) is 2. The van der Waals surface area contributed by atoms with Gasteiger partial charge in [-0.05, 0) is 143 Å². The molecule has 2 atom stereocenters. The van der Waals surface area contributed by atoms with Gasteiger partial charge in [-0.2, -0.15) is 0 Å². The summed E-state index contributed by atoms with van der Waals surface area (Å²) < 4.78 is 35.5. The maximum atomic E-state index is 15.9. The SMILES string of the molecule is O=C(c1ccc(O[C@H]2CCCC[C@@H]2N2CCCCC2)c(F)c1)c1c(-c2ccc(OCCN3CCCC3)cc2)sc2cc(OCc3ccccc3)ccc12. The van der Waals surface area contributed by atoms with E-state index in [1.807, 2.05) is 72.8 Å². The number of carbonyl (C=O) groups excluding carboxylic acids is 1. The Labute approximate surface area is 316 Å². The van der Waals surface area contributed by atoms with Crippen LogP contribution < -0.4 is 14.2 Å². The molecule has 4 aromatic carbocycles. The number of carbonyl (C=O) groups is 1. The van der Waals surface area contributed by atoms with Crippen molar-refractivity contribution < 1.29 is 23.4 Å². The third-order valence-electron chi connectivity index (χ3n) is 11.1. The molecule has 1 aliphatic carbocycles. The van der Waals surface area contributed by atoms with Gasteiger partial charge in [0, 0.05) is 38.7 Å². The molecule has 1 saturated carbocycles. The lowest BCUT2D eigenvalue weighted by Gasteiger charge is -2.41. The Balaban J connectivity index is 1.05. The number of halogens is 1. The van der Waals surface area contributed by atoms with Crippen molar-refractivity contribution in [3.63, 3.8) is 0 Å². The Morgan fingerprint density at radius 3 is 2.30 bits per heavy atom. The van der Waals surface area contributed by atoms with E-state index >= 15 is 4.39 Å². The number of thiophene rings is 1. The van der Waals surface area contributed by atoms with Gasteiger partial charge in [0.2, 0.25) is 0 Å². The lowest BCUT2D eigenvalue weighted by molar-refractivity contribution is 0.0242. The highest BCUT2D eigenvalue weighted by Gasteiger charge is 2.33. The fourth-order valence-corrected chi connectivity index (χ4v) is 9.50. The normalized spacial score (nSPS) is 19.7. The van der Waals surface area contributed by atoms with E-state index in [0.717, 1.165) is 89.6 Å². The van der Waals surface area contributed by atoms with Crippen LogP contribution in [0.5, 0.6) is 17.2 Å². The van der Waals surface area contributed by atoms with Gasteiger partial charge >= 0.3 is 0 Å². The van der Waals surface area contributed by atoms with Crippen molar-refractivity contribution in [2.75, 3.05) is 39.3 Å². The predicted molar refractivity (Wildman–Crippen MR) is 211 cm³/mol. The standard InChI is InChI=1S/C45H49FN2O4S/c46-38-29-34(17-22-40(38)52-41-14-6-5-13-39(41)48-25-7-2-8-26-48)44(49)43-37-21-20-36(51-31-32-11-3-1-4-12-32)30-42(37)53-45(43)33-15-18-35(19-16-33)50-28-27-47-23-9-10-24-47/h1,3-4,11-12,15-22,29-30,39,41H,2,5-10,13-14,23-28,31H2/t39-,41-/m0/s1. The first-order valence-corrected chi connectivity index (χ1v) is 20.3. The molecular formula is C45H49FN2O4S. The van der Waals surface area contributed by atoms with Crippen molar-refractivity contribution in [2.45, 2.75) is 76.5 Å². The summed E-state index contributed by atoms with van der Waals surface area (Å²) in [5.74, 6) is 1.05. The highest BCUT2D eigenvalue weighted by Crippen LogP contribution is 2.42. The number of benzene rings is 4. The summed E-state index contributed by atoms with van der Waals surface area (Å²) in [7, 11) is 0. The van der Waals surface area contributed by atoms with Crippen molar-refractivity contribution in [1.29, 1.82) is 0 Å². The van der Waals surface area contributed by atoms with Crippen LogP contribution in [0.4, 0.5) is 4.39 Å². The van der Waals surface area contributed by atoms with E-state index in [2.05, 4.69) is 9.80 Å². The monoisotopic (exact) mass is 732 g/mol. The first-order valence-electron chi connectivity index (χ1n) is 19.5. The summed E-state index contributed by atoms with van der Waals surface area (Å²) in [6.07, 6.45) is 10.5. The zero-order valence-corrected chi connectivity index (χ0v) is 31.3. The minimum atomic E-state index is -0.494. The van der Waals surface area contributed by atoms with Crippen LogP contribution in [0.15, 0.2) is 91.0 Å². The number of rotatable bonds is 13. The van der Waals surface area contributed by atoms with E-state index in [0.29, 0.717) is 30.4 Å². The third kappa shape index (κ3) is 8.45. The Kier molecular flexibility index (Phi) is 11.4. The number of ketones is 1. The molecule has 1 aromatic heterocycles. The molecule has 2 aliphatic heterocycles. The van der Waals surface area contributed by atoms with E-state index in [-0.39, 0.29) is 17.6 Å². The molecule has 2 saturated heterocycles. The summed E-state index contributed by atoms with van der Waals surface area (Å²) >= 11 is 1.55. The van der Waals surface area contributed by atoms with Crippen LogP contribution in [0.1, 0.15) is 79.3 Å². The number of fused-ring (bicyclic) bond motifs is 1. The van der Waals surface area contributed by atoms with Crippen molar-refractivity contribution in [3.05, 3.63) is 114 Å². The third-order valence-corrected chi connectivity index (χ3v) is 12.3. The largest absolute Gasteiger partial charge is 0.492 e. The topological polar surface area (TPSA) is 51.2 Å². The van der Waals surface area contributed by atoms with Crippen LogP contribution in [0.3, 0.4) is 0 Å². The van der Waals surface area contributed by atoms with Crippen LogP contribution in [-0.4, -0.2) is 67.1 Å². The Hall–Kier alpha value is -4.24. The second-order valence-corrected chi connectivity index (χ2v) is 15.8. The van der Waals surface area contributed by atoms with Crippen LogP contribution in [-0.2, 0) is 6.61 Å². The van der Waals surface area contributed by atoms with Crippen molar-refractivity contribution in [3.8, 4) is 27.7 Å². The van der Waals surface area contributed by atoms with Crippen LogP contribution in [0.25, 0.3) is 20.5 Å². The summed E-state index contributed by atoms with van der Waals surface area (Å²) in [5, 5.41) is 0.820. The van der Waals surface area contributed by atoms with Gasteiger partial charge in [0.25, 0.3) is 0 Å². The lowest BCUT2D eigenvalue weighted by Crippen LogP contribution is -2.49. The van der Waals surface area contributed by atoms with Gasteiger partial charge in [-0.25, -0.2) is 4.39 Å². The van der Waals surface area contributed by atoms with Crippen LogP contribution >= 0.6 is 11.3 Å². The molecular weight excluding hydrogens is 684 g/mol. The zero-order chi connectivity index (χ0) is 36.0. The molecule has 0 amide bonds. The van der Waals surface area contributed by atoms with Gasteiger partial charge in [-0.1, -0.05) is 43.2 Å². The molecule has 6 nitrogen and oxygen atoms in total. The quantitative estimate of drug-likeness (QED) is 0.112. The lowest BCUT2D eigenvalue weighted by atomic mass is 9.90. The molecule has 53 heavy (non-hydrogen) atoms. The van der Waals surface area contributed by atoms with Crippen molar-refractivity contribution >= 4 is 27.2 Å². The number of likely N-dealkylation sites (tertiary alicyclic amines) is 2. The second kappa shape index (κ2) is 16.8. The van der Waals surface area contributed by atoms with Gasteiger partial charge in [-0.3, -0.25) is 14.6 Å². The molecule has 0 N–H and O–H groups in total. The Bertz CT molecular complexity index is 1990. The maximum absolute atomic E-state index is 15.9. The molecule has 3 aliphatic rings. The maximum Gasteiger partial charge on any atom is 0.195 e. The molecule has 0 spiro atoms. The van der Waals surface area contributed by atoms with Gasteiger partial charge in [0.15, 0.2) is 17.3 Å². The Morgan fingerprint density at radius 1 is 0.755 bits per heavy atom. The molecule has 8 heteroatoms. The van der Waals surface area contributed by atoms with Gasteiger partial charge in [0.1, 0.15) is 30.8 Å². The van der Waals surface area contributed by atoms with Crippen molar-refractivity contribution in [2.24, 2.45) is 0 Å². The van der Waals surface area contributed by atoms with E-state index in [9.17, 15) is 4.79 Å². The fourth-order valence-electron chi connectivity index (χ4n) is 8.27. The zero-order valence-electron chi connectivity index (χ0n) is 30.4. The van der Waals surface area contributed by atoms with Crippen LogP contribution in [0.2, 0.25) is 0 Å². The minimum absolute atomic E-state index is 0.0456. The highest BCUT2D eigenvalue weighted by molar-refractivity contribution is 7.22. The predicted octanol–water partition coefficient (Wildman–Crippen LogP) is 10.2. The molecule has 0 bridgehead atoms. The number of hydrogen-bond donors (Lipinski definition) is 0. The number of hydrogen-bond acceptors (Lipinski definition) is 7. The smallest absolute Gasteiger partial charge is 0.195 e. The van der Waals surface area contributed by atoms with Gasteiger partial charge in [0.05, 0.1) is 0 Å². The summed E-state index contributed by atoms with van der Waals surface area (Å²) in [6, 6.07) is 29.0. The average molecular weight is 733 g/mol. The first kappa shape index (κ1) is 35.8. The molecule has 276 valence electrons. The molecule has 5 aromatic rings. The van der Waals surface area contributed by atoms with Crippen molar-refractivity contribution in [1.82, 2.24) is 9.80 Å². The molecule has 3 heterocycles. The second-order valence-electron chi connectivity index (χ2n) is 14.7. The van der Waals surface area contributed by atoms with E-state index in [4.69, 9.17) is 14.2 Å². The van der Waals surface area contributed by atoms with Gasteiger partial charge in [-0.15, -0.1) is 11.3 Å². The molecule has 0 unspecified atom stereocenters.